The smallest absolute Gasteiger partial charge is 0.139 e. The fraction of sp³-hybridized carbons (Fsp3) is 0.857. The molecule has 2 saturated carbocycles. The summed E-state index contributed by atoms with van der Waals surface area (Å²) in [6.07, 6.45) is 4.76. The molecular weight excluding hydrogens is 114 g/mol. The zero-order valence-corrected chi connectivity index (χ0v) is 5.34. The quantitative estimate of drug-likeness (QED) is 0.539. The van der Waals surface area contributed by atoms with Crippen LogP contribution >= 0.6 is 0 Å². The van der Waals surface area contributed by atoms with Gasteiger partial charge < -0.3 is 0 Å². The molecule has 0 amide bonds. The average molecular weight is 124 g/mol. The van der Waals surface area contributed by atoms with Gasteiger partial charge in [-0.2, -0.15) is 0 Å². The van der Waals surface area contributed by atoms with Gasteiger partial charge in [-0.1, -0.05) is 0 Å². The Morgan fingerprint density at radius 3 is 1.56 bits per heavy atom. The summed E-state index contributed by atoms with van der Waals surface area (Å²) >= 11 is 0. The van der Waals surface area contributed by atoms with Crippen molar-refractivity contribution in [2.24, 2.45) is 11.8 Å². The van der Waals surface area contributed by atoms with E-state index in [2.05, 4.69) is 0 Å². The first kappa shape index (κ1) is 6.75. The molecule has 2 heteroatoms. The highest BCUT2D eigenvalue weighted by atomic mass is 16.1. The number of Topliss-reactive ketones (excluding diaryl/α,β-unsaturated/α-hetero) is 1. The molecule has 0 unspecified atom stereocenters. The topological polar surface area (TPSA) is 47.6 Å². The van der Waals surface area contributed by atoms with Gasteiger partial charge >= 0.3 is 0 Å². The van der Waals surface area contributed by atoms with Crippen LogP contribution in [0.15, 0.2) is 0 Å². The van der Waals surface area contributed by atoms with Crippen molar-refractivity contribution in [3.63, 3.8) is 0 Å². The number of ketones is 1. The normalized spacial score (nSPS) is 24.9. The van der Waals surface area contributed by atoms with Crippen molar-refractivity contribution in [1.82, 2.24) is 6.15 Å². The van der Waals surface area contributed by atoms with Crippen molar-refractivity contribution in [2.45, 2.75) is 25.7 Å². The number of nitrogens with zero attached hydrogens (tertiary/aromatic N) is 1. The first-order valence-corrected chi connectivity index (χ1v) is 3.41. The largest absolute Gasteiger partial charge is 0.299 e. The van der Waals surface area contributed by atoms with Gasteiger partial charge in [0.1, 0.15) is 5.78 Å². The van der Waals surface area contributed by atoms with Gasteiger partial charge in [-0.15, -0.1) is 0 Å². The predicted molar refractivity (Wildman–Crippen MR) is 32.6 cm³/mol. The lowest BCUT2D eigenvalue weighted by Crippen LogP contribution is -2.01. The molecule has 0 bridgehead atoms. The molecule has 3 radical (unpaired) electrons. The third-order valence-corrected chi connectivity index (χ3v) is 1.96. The number of rotatable bonds is 2. The first-order chi connectivity index (χ1) is 3.88. The van der Waals surface area contributed by atoms with Crippen LogP contribution in [-0.4, -0.2) is 5.78 Å². The fourth-order valence-corrected chi connectivity index (χ4v) is 1.07. The molecule has 0 N–H and O–H groups in total. The van der Waals surface area contributed by atoms with Gasteiger partial charge in [0.25, 0.3) is 0 Å². The molecule has 0 aliphatic heterocycles. The molecule has 2 rings (SSSR count). The fourth-order valence-electron chi connectivity index (χ4n) is 1.07. The van der Waals surface area contributed by atoms with Crippen LogP contribution in [0.5, 0.6) is 0 Å². The zero-order chi connectivity index (χ0) is 5.56. The molecule has 0 aromatic heterocycles. The molecule has 2 fully saturated rings. The highest BCUT2D eigenvalue weighted by molar-refractivity contribution is 5.87. The summed E-state index contributed by atoms with van der Waals surface area (Å²) < 4.78 is 0. The van der Waals surface area contributed by atoms with Crippen LogP contribution in [0.2, 0.25) is 0 Å². The van der Waals surface area contributed by atoms with Gasteiger partial charge in [0.2, 0.25) is 0 Å². The van der Waals surface area contributed by atoms with Crippen molar-refractivity contribution in [3.05, 3.63) is 0 Å². The minimum absolute atomic E-state index is 0. The van der Waals surface area contributed by atoms with E-state index in [1.54, 1.807) is 0 Å². The summed E-state index contributed by atoms with van der Waals surface area (Å²) in [4.78, 5) is 11.0. The minimum atomic E-state index is 0. The molecule has 2 aliphatic carbocycles. The molecular formula is C7H10NO. The van der Waals surface area contributed by atoms with Crippen molar-refractivity contribution in [3.8, 4) is 0 Å². The zero-order valence-electron chi connectivity index (χ0n) is 5.34. The van der Waals surface area contributed by atoms with Crippen LogP contribution in [0, 0.1) is 11.8 Å². The molecule has 0 heterocycles. The van der Waals surface area contributed by atoms with E-state index in [1.165, 1.54) is 25.7 Å². The van der Waals surface area contributed by atoms with E-state index in [1.807, 2.05) is 0 Å². The Hall–Kier alpha value is -0.370. The molecule has 0 saturated heterocycles. The van der Waals surface area contributed by atoms with E-state index in [-0.39, 0.29) is 6.15 Å². The van der Waals surface area contributed by atoms with Crippen LogP contribution in [0.3, 0.4) is 0 Å². The van der Waals surface area contributed by atoms with Crippen LogP contribution in [0.4, 0.5) is 0 Å². The first-order valence-electron chi connectivity index (χ1n) is 3.41. The Morgan fingerprint density at radius 1 is 1.00 bits per heavy atom. The molecule has 0 aromatic carbocycles. The summed E-state index contributed by atoms with van der Waals surface area (Å²) in [5.74, 6) is 1.61. The lowest BCUT2D eigenvalue weighted by molar-refractivity contribution is -0.121. The summed E-state index contributed by atoms with van der Waals surface area (Å²) in [6, 6.07) is 0. The van der Waals surface area contributed by atoms with Crippen molar-refractivity contribution >= 4 is 5.78 Å². The van der Waals surface area contributed by atoms with Gasteiger partial charge in [0, 0.05) is 18.0 Å². The van der Waals surface area contributed by atoms with Gasteiger partial charge in [-0.05, 0) is 25.7 Å². The average Bonchev–Trinajstić information content (AvgIpc) is 2.63. The predicted octanol–water partition coefficient (Wildman–Crippen LogP) is 0.895. The van der Waals surface area contributed by atoms with E-state index < -0.39 is 0 Å². The number of hydrogen-bond acceptors (Lipinski definition) is 1. The maximum absolute atomic E-state index is 11.0. The van der Waals surface area contributed by atoms with E-state index in [0.29, 0.717) is 17.6 Å². The van der Waals surface area contributed by atoms with Crippen molar-refractivity contribution < 1.29 is 4.79 Å². The van der Waals surface area contributed by atoms with Crippen LogP contribution in [0.25, 0.3) is 0 Å². The summed E-state index contributed by atoms with van der Waals surface area (Å²) in [7, 11) is 0. The van der Waals surface area contributed by atoms with Crippen LogP contribution in [-0.2, 0) is 4.79 Å². The van der Waals surface area contributed by atoms with E-state index in [4.69, 9.17) is 0 Å². The van der Waals surface area contributed by atoms with E-state index >= 15 is 0 Å². The molecule has 0 atom stereocenters. The van der Waals surface area contributed by atoms with Crippen molar-refractivity contribution in [1.29, 1.82) is 0 Å². The van der Waals surface area contributed by atoms with E-state index in [9.17, 15) is 4.79 Å². The second-order valence-corrected chi connectivity index (χ2v) is 2.95. The number of hydrogen-bond donors (Lipinski definition) is 0. The Kier molecular flexibility index (Phi) is 1.58. The Balaban J connectivity index is 0.000000405. The van der Waals surface area contributed by atoms with Crippen molar-refractivity contribution in [2.75, 3.05) is 0 Å². The van der Waals surface area contributed by atoms with Crippen LogP contribution < -0.4 is 6.15 Å². The minimum Gasteiger partial charge on any atom is -0.299 e. The number of carbonyl (C=O) groups is 1. The maximum atomic E-state index is 11.0. The highest BCUT2D eigenvalue weighted by Crippen LogP contribution is 2.40. The molecule has 49 valence electrons. The van der Waals surface area contributed by atoms with Gasteiger partial charge in [-0.3, -0.25) is 4.79 Å². The third kappa shape index (κ3) is 1.30. The Bertz CT molecular complexity index is 111. The summed E-state index contributed by atoms with van der Waals surface area (Å²) in [5.41, 5.74) is 0. The lowest BCUT2D eigenvalue weighted by atomic mass is 10.2. The molecule has 0 aromatic rings. The van der Waals surface area contributed by atoms with Gasteiger partial charge in [0.15, 0.2) is 0 Å². The molecule has 0 spiro atoms. The third-order valence-electron chi connectivity index (χ3n) is 1.96. The molecule has 2 nitrogen and oxygen atoms in total. The standard InChI is InChI=1S/C7H10O.N/c8-7(5-1-2-5)6-3-4-6;/h5-6H,1-4H2;. The lowest BCUT2D eigenvalue weighted by Gasteiger charge is -1.87. The molecule has 9 heavy (non-hydrogen) atoms. The maximum Gasteiger partial charge on any atom is 0.139 e. The second kappa shape index (κ2) is 2.10. The highest BCUT2D eigenvalue weighted by Gasteiger charge is 2.39. The molecule has 2 aliphatic rings. The van der Waals surface area contributed by atoms with Crippen LogP contribution in [0.1, 0.15) is 25.7 Å². The Morgan fingerprint density at radius 2 is 1.33 bits per heavy atom. The number of carbonyl (C=O) groups excluding carboxylic acids is 1. The SMILES string of the molecule is O=C(C1CC1)C1CC1.[N]. The second-order valence-electron chi connectivity index (χ2n) is 2.95. The Labute approximate surface area is 55.2 Å². The van der Waals surface area contributed by atoms with E-state index in [0.717, 1.165) is 0 Å². The monoisotopic (exact) mass is 124 g/mol. The van der Waals surface area contributed by atoms with Gasteiger partial charge in [-0.25, -0.2) is 0 Å². The summed E-state index contributed by atoms with van der Waals surface area (Å²) in [6.45, 7) is 0. The van der Waals surface area contributed by atoms with Gasteiger partial charge in [0.05, 0.1) is 0 Å². The summed E-state index contributed by atoms with van der Waals surface area (Å²) in [5, 5.41) is 0.